The van der Waals surface area contributed by atoms with Crippen LogP contribution in [0.4, 0.5) is 17.1 Å². The van der Waals surface area contributed by atoms with E-state index in [1.54, 1.807) is 0 Å². The van der Waals surface area contributed by atoms with E-state index in [2.05, 4.69) is 95.2 Å². The molecule has 0 aliphatic carbocycles. The van der Waals surface area contributed by atoms with Crippen LogP contribution in [0.15, 0.2) is 197 Å². The van der Waals surface area contributed by atoms with Gasteiger partial charge in [0, 0.05) is 40.4 Å². The first-order valence-electron chi connectivity index (χ1n) is 16.6. The fraction of sp³-hybridized carbons (Fsp3) is 0.0217. The third kappa shape index (κ3) is 7.40. The molecule has 50 heavy (non-hydrogen) atoms. The molecule has 242 valence electrons. The summed E-state index contributed by atoms with van der Waals surface area (Å²) in [6.45, 7) is 0. The van der Waals surface area contributed by atoms with Gasteiger partial charge in [-0.15, -0.1) is 0 Å². The van der Waals surface area contributed by atoms with Gasteiger partial charge in [0.05, 0.1) is 5.71 Å². The van der Waals surface area contributed by atoms with Gasteiger partial charge in [0.1, 0.15) is 11.2 Å². The molecule has 1 aromatic heterocycles. The highest BCUT2D eigenvalue weighted by atomic mass is 16.3. The maximum Gasteiger partial charge on any atom is 0.136 e. The number of hydrogen-bond acceptors (Lipinski definition) is 4. The maximum atomic E-state index is 6.15. The number of fused-ring (bicyclic) bond motifs is 3. The van der Waals surface area contributed by atoms with Gasteiger partial charge in [0.25, 0.3) is 0 Å². The number of aliphatic imine (C=N–C) groups is 1. The average Bonchev–Trinajstić information content (AvgIpc) is 3.55. The van der Waals surface area contributed by atoms with Crippen molar-refractivity contribution in [3.8, 4) is 11.1 Å². The Morgan fingerprint density at radius 2 is 1.10 bits per heavy atom. The summed E-state index contributed by atoms with van der Waals surface area (Å²) in [7, 11) is 1.83. The predicted molar refractivity (Wildman–Crippen MR) is 212 cm³/mol. The molecule has 0 atom stereocenters. The number of furan rings is 1. The topological polar surface area (TPSA) is 63.5 Å². The van der Waals surface area contributed by atoms with Crippen molar-refractivity contribution in [2.45, 2.75) is 0 Å². The molecule has 1 heterocycles. The SMILES string of the molecule is CN=C(/C=C(\c1ccccc1)c1cccc(-c2cccc(N)c2)c1)c1ccc2c(c1)oc1ccccc12.c1ccc(Nc2ccccc2)cc1. The number of nitrogens with two attached hydrogens (primary N) is 1. The Morgan fingerprint density at radius 1 is 0.520 bits per heavy atom. The van der Waals surface area contributed by atoms with Crippen LogP contribution in [0, 0.1) is 0 Å². The van der Waals surface area contributed by atoms with Gasteiger partial charge >= 0.3 is 0 Å². The van der Waals surface area contributed by atoms with E-state index < -0.39 is 0 Å². The molecule has 0 amide bonds. The monoisotopic (exact) mass is 647 g/mol. The van der Waals surface area contributed by atoms with Crippen LogP contribution >= 0.6 is 0 Å². The van der Waals surface area contributed by atoms with Gasteiger partial charge in [0.15, 0.2) is 0 Å². The molecule has 4 nitrogen and oxygen atoms in total. The second-order valence-electron chi connectivity index (χ2n) is 11.9. The highest BCUT2D eigenvalue weighted by molar-refractivity contribution is 6.16. The van der Waals surface area contributed by atoms with Crippen molar-refractivity contribution in [1.82, 2.24) is 0 Å². The summed E-state index contributed by atoms with van der Waals surface area (Å²) < 4.78 is 6.15. The molecule has 3 N–H and O–H groups in total. The number of nitrogens with one attached hydrogen (secondary N) is 1. The number of nitrogens with zero attached hydrogens (tertiary/aromatic N) is 1. The summed E-state index contributed by atoms with van der Waals surface area (Å²) in [6.07, 6.45) is 2.16. The Kier molecular flexibility index (Phi) is 9.61. The number of nitrogen functional groups attached to an aromatic ring is 1. The van der Waals surface area contributed by atoms with E-state index in [4.69, 9.17) is 10.2 Å². The first kappa shape index (κ1) is 31.9. The number of hydrogen-bond donors (Lipinski definition) is 2. The lowest BCUT2D eigenvalue weighted by Crippen LogP contribution is -2.00. The molecule has 0 aliphatic heterocycles. The molecule has 0 unspecified atom stereocenters. The first-order chi connectivity index (χ1) is 24.6. The van der Waals surface area contributed by atoms with Gasteiger partial charge in [-0.3, -0.25) is 4.99 Å². The van der Waals surface area contributed by atoms with E-state index in [-0.39, 0.29) is 0 Å². The molecular formula is C46H37N3O. The van der Waals surface area contributed by atoms with E-state index in [0.29, 0.717) is 0 Å². The zero-order valence-corrected chi connectivity index (χ0v) is 27.8. The second kappa shape index (κ2) is 15.1. The minimum Gasteiger partial charge on any atom is -0.456 e. The molecule has 0 spiro atoms. The second-order valence-corrected chi connectivity index (χ2v) is 11.9. The summed E-state index contributed by atoms with van der Waals surface area (Å²) in [4.78, 5) is 4.68. The number of rotatable bonds is 7. The smallest absolute Gasteiger partial charge is 0.136 e. The largest absolute Gasteiger partial charge is 0.456 e. The maximum absolute atomic E-state index is 6.15. The predicted octanol–water partition coefficient (Wildman–Crippen LogP) is 11.8. The van der Waals surface area contributed by atoms with E-state index in [9.17, 15) is 0 Å². The van der Waals surface area contributed by atoms with Crippen LogP contribution in [-0.2, 0) is 0 Å². The number of anilines is 3. The molecular weight excluding hydrogens is 611 g/mol. The molecule has 4 heteroatoms. The van der Waals surface area contributed by atoms with Crippen molar-refractivity contribution >= 4 is 50.3 Å². The van der Waals surface area contributed by atoms with Crippen molar-refractivity contribution in [2.24, 2.45) is 4.99 Å². The number of benzene rings is 7. The van der Waals surface area contributed by atoms with Crippen molar-refractivity contribution < 1.29 is 4.42 Å². The number of para-hydroxylation sites is 3. The van der Waals surface area contributed by atoms with Crippen molar-refractivity contribution in [2.75, 3.05) is 18.1 Å². The quantitative estimate of drug-likeness (QED) is 0.134. The Labute approximate surface area is 292 Å². The third-order valence-corrected chi connectivity index (χ3v) is 8.51. The zero-order valence-electron chi connectivity index (χ0n) is 27.8. The van der Waals surface area contributed by atoms with Crippen LogP contribution in [0.1, 0.15) is 16.7 Å². The Morgan fingerprint density at radius 3 is 1.78 bits per heavy atom. The van der Waals surface area contributed by atoms with Gasteiger partial charge < -0.3 is 15.5 Å². The van der Waals surface area contributed by atoms with Crippen molar-refractivity contribution in [3.63, 3.8) is 0 Å². The fourth-order valence-electron chi connectivity index (χ4n) is 6.04. The molecule has 8 rings (SSSR count). The lowest BCUT2D eigenvalue weighted by Gasteiger charge is -2.12. The van der Waals surface area contributed by atoms with Crippen molar-refractivity contribution in [3.05, 3.63) is 205 Å². The molecule has 0 saturated heterocycles. The van der Waals surface area contributed by atoms with Gasteiger partial charge in [-0.05, 0) is 94.6 Å². The highest BCUT2D eigenvalue weighted by Gasteiger charge is 2.12. The molecule has 8 aromatic rings. The minimum absolute atomic E-state index is 0.753. The number of allylic oxidation sites excluding steroid dienone is 1. The van der Waals surface area contributed by atoms with Gasteiger partial charge in [-0.1, -0.05) is 121 Å². The van der Waals surface area contributed by atoms with E-state index >= 15 is 0 Å². The van der Waals surface area contributed by atoms with Crippen LogP contribution in [0.2, 0.25) is 0 Å². The third-order valence-electron chi connectivity index (χ3n) is 8.51. The standard InChI is InChI=1S/C34H26N2O.C12H11N/c1-36-32(27-17-18-30-29-15-5-6-16-33(29)37-34(30)21-27)22-31(23-9-3-2-4-10-23)26-13-7-11-24(19-26)25-12-8-14-28(35)20-25;1-3-7-11(8-4-1)13-12-9-5-2-6-10-12/h2-22H,35H2,1H3;1-10,13H/b31-22+,36-32?;. The summed E-state index contributed by atoms with van der Waals surface area (Å²) in [5.41, 5.74) is 18.2. The lowest BCUT2D eigenvalue weighted by molar-refractivity contribution is 0.669. The zero-order chi connectivity index (χ0) is 34.1. The molecule has 0 aliphatic rings. The van der Waals surface area contributed by atoms with Crippen LogP contribution < -0.4 is 11.1 Å². The van der Waals surface area contributed by atoms with Gasteiger partial charge in [-0.25, -0.2) is 0 Å². The Bertz CT molecular complexity index is 2370. The van der Waals surface area contributed by atoms with E-state index in [1.807, 2.05) is 110 Å². The average molecular weight is 648 g/mol. The van der Waals surface area contributed by atoms with E-state index in [0.717, 1.165) is 78.1 Å². The molecule has 0 saturated carbocycles. The van der Waals surface area contributed by atoms with Crippen LogP contribution in [0.25, 0.3) is 38.6 Å². The molecule has 7 aromatic carbocycles. The fourth-order valence-corrected chi connectivity index (χ4v) is 6.04. The summed E-state index contributed by atoms with van der Waals surface area (Å²) in [5, 5.41) is 5.54. The van der Waals surface area contributed by atoms with E-state index in [1.165, 1.54) is 0 Å². The lowest BCUT2D eigenvalue weighted by atomic mass is 9.92. The van der Waals surface area contributed by atoms with Gasteiger partial charge in [-0.2, -0.15) is 0 Å². The molecule has 0 bridgehead atoms. The molecule has 0 fully saturated rings. The van der Waals surface area contributed by atoms with Crippen LogP contribution in [0.3, 0.4) is 0 Å². The summed E-state index contributed by atoms with van der Waals surface area (Å²) in [6, 6.07) is 61.7. The Balaban J connectivity index is 0.000000253. The van der Waals surface area contributed by atoms with Crippen LogP contribution in [-0.4, -0.2) is 12.8 Å². The molecule has 0 radical (unpaired) electrons. The Hall–Kier alpha value is -6.65. The van der Waals surface area contributed by atoms with Crippen LogP contribution in [0.5, 0.6) is 0 Å². The van der Waals surface area contributed by atoms with Crippen molar-refractivity contribution in [1.29, 1.82) is 0 Å². The normalized spacial score (nSPS) is 11.6. The summed E-state index contributed by atoms with van der Waals surface area (Å²) >= 11 is 0. The minimum atomic E-state index is 0.753. The highest BCUT2D eigenvalue weighted by Crippen LogP contribution is 2.32. The first-order valence-corrected chi connectivity index (χ1v) is 16.6. The van der Waals surface area contributed by atoms with Gasteiger partial charge in [0.2, 0.25) is 0 Å². The summed E-state index contributed by atoms with van der Waals surface area (Å²) in [5.74, 6) is 0.